The van der Waals surface area contributed by atoms with E-state index in [2.05, 4.69) is 0 Å². The van der Waals surface area contributed by atoms with Gasteiger partial charge in [-0.3, -0.25) is 4.79 Å². The van der Waals surface area contributed by atoms with E-state index in [0.717, 1.165) is 31.5 Å². The van der Waals surface area contributed by atoms with Gasteiger partial charge in [-0.1, -0.05) is 29.3 Å². The first kappa shape index (κ1) is 18.6. The fraction of sp³-hybridized carbons (Fsp3) is 0.533. The van der Waals surface area contributed by atoms with Crippen LogP contribution in [0.1, 0.15) is 25.3 Å². The summed E-state index contributed by atoms with van der Waals surface area (Å²) in [6.07, 6.45) is 2.44. The predicted octanol–water partition coefficient (Wildman–Crippen LogP) is 3.54. The van der Waals surface area contributed by atoms with E-state index in [9.17, 15) is 4.79 Å². The summed E-state index contributed by atoms with van der Waals surface area (Å²) in [7, 11) is 0. The molecule has 0 saturated carbocycles. The molecule has 6 heteroatoms. The average Bonchev–Trinajstić information content (AvgIpc) is 2.42. The third-order valence-electron chi connectivity index (χ3n) is 3.91. The van der Waals surface area contributed by atoms with Crippen molar-refractivity contribution in [1.82, 2.24) is 4.90 Å². The number of hydrogen-bond acceptors (Lipinski definition) is 2. The zero-order valence-electron chi connectivity index (χ0n) is 12.0. The van der Waals surface area contributed by atoms with E-state index in [1.54, 1.807) is 12.1 Å². The average molecular weight is 352 g/mol. The van der Waals surface area contributed by atoms with Gasteiger partial charge in [0.05, 0.1) is 6.42 Å². The number of carbonyl (C=O) groups excluding carboxylic acids is 1. The summed E-state index contributed by atoms with van der Waals surface area (Å²) >= 11 is 12.0. The number of piperidine rings is 1. The Morgan fingerprint density at radius 1 is 1.48 bits per heavy atom. The van der Waals surface area contributed by atoms with Gasteiger partial charge >= 0.3 is 0 Å². The summed E-state index contributed by atoms with van der Waals surface area (Å²) in [5.41, 5.74) is 6.77. The lowest BCUT2D eigenvalue weighted by molar-refractivity contribution is -0.132. The Morgan fingerprint density at radius 2 is 2.19 bits per heavy atom. The molecule has 0 aromatic heterocycles. The molecule has 2 unspecified atom stereocenters. The number of benzene rings is 1. The molecule has 1 heterocycles. The first-order chi connectivity index (χ1) is 9.47. The molecule has 2 N–H and O–H groups in total. The Hall–Kier alpha value is -0.480. The van der Waals surface area contributed by atoms with Crippen LogP contribution < -0.4 is 5.73 Å². The Kier molecular flexibility index (Phi) is 7.28. The highest BCUT2D eigenvalue weighted by Crippen LogP contribution is 2.23. The van der Waals surface area contributed by atoms with Gasteiger partial charge in [-0.15, -0.1) is 12.4 Å². The lowest BCUT2D eigenvalue weighted by atomic mass is 9.92. The number of carbonyl (C=O) groups is 1. The maximum Gasteiger partial charge on any atom is 0.227 e. The third-order valence-corrected chi connectivity index (χ3v) is 4.50. The second kappa shape index (κ2) is 8.23. The lowest BCUT2D eigenvalue weighted by Crippen LogP contribution is -2.45. The SMILES string of the molecule is CC(N)C1CCCN(C(=O)Cc2ccc(Cl)cc2Cl)C1.Cl. The van der Waals surface area contributed by atoms with Crippen molar-refractivity contribution in [2.24, 2.45) is 11.7 Å². The van der Waals surface area contributed by atoms with Crippen LogP contribution in [0.15, 0.2) is 18.2 Å². The summed E-state index contributed by atoms with van der Waals surface area (Å²) in [5, 5.41) is 1.13. The molecule has 1 amide bonds. The maximum atomic E-state index is 12.4. The zero-order valence-corrected chi connectivity index (χ0v) is 14.3. The van der Waals surface area contributed by atoms with E-state index in [1.165, 1.54) is 0 Å². The predicted molar refractivity (Wildman–Crippen MR) is 90.4 cm³/mol. The summed E-state index contributed by atoms with van der Waals surface area (Å²) < 4.78 is 0. The van der Waals surface area contributed by atoms with E-state index in [4.69, 9.17) is 28.9 Å². The summed E-state index contributed by atoms with van der Waals surface area (Å²) in [5.74, 6) is 0.507. The van der Waals surface area contributed by atoms with Crippen molar-refractivity contribution in [2.75, 3.05) is 13.1 Å². The van der Waals surface area contributed by atoms with Crippen LogP contribution in [0.2, 0.25) is 10.0 Å². The Morgan fingerprint density at radius 3 is 2.81 bits per heavy atom. The number of amides is 1. The fourth-order valence-electron chi connectivity index (χ4n) is 2.61. The third kappa shape index (κ3) is 5.03. The molecule has 3 nitrogen and oxygen atoms in total. The van der Waals surface area contributed by atoms with E-state index in [0.29, 0.717) is 22.4 Å². The minimum Gasteiger partial charge on any atom is -0.342 e. The van der Waals surface area contributed by atoms with Gasteiger partial charge < -0.3 is 10.6 Å². The molecule has 0 bridgehead atoms. The van der Waals surface area contributed by atoms with E-state index in [1.807, 2.05) is 17.9 Å². The number of halogens is 3. The minimum atomic E-state index is 0. The zero-order chi connectivity index (χ0) is 14.7. The Labute approximate surface area is 142 Å². The smallest absolute Gasteiger partial charge is 0.227 e. The van der Waals surface area contributed by atoms with Crippen LogP contribution in [0.5, 0.6) is 0 Å². The molecule has 1 aliphatic rings. The van der Waals surface area contributed by atoms with E-state index >= 15 is 0 Å². The molecule has 118 valence electrons. The molecular weight excluding hydrogens is 331 g/mol. The van der Waals surface area contributed by atoms with Gasteiger partial charge in [0.2, 0.25) is 5.91 Å². The van der Waals surface area contributed by atoms with Crippen LogP contribution in [0.3, 0.4) is 0 Å². The second-order valence-corrected chi connectivity index (χ2v) is 6.36. The number of hydrogen-bond donors (Lipinski definition) is 1. The van der Waals surface area contributed by atoms with Crippen LogP contribution in [-0.4, -0.2) is 29.9 Å². The van der Waals surface area contributed by atoms with Crippen molar-refractivity contribution < 1.29 is 4.79 Å². The highest BCUT2D eigenvalue weighted by atomic mass is 35.5. The molecule has 1 aromatic rings. The molecule has 2 atom stereocenters. The van der Waals surface area contributed by atoms with Crippen molar-refractivity contribution in [3.63, 3.8) is 0 Å². The standard InChI is InChI=1S/C15H20Cl2N2O.ClH/c1-10(18)12-3-2-6-19(9-12)15(20)7-11-4-5-13(16)8-14(11)17;/h4-5,8,10,12H,2-3,6-7,9,18H2,1H3;1H. The molecule has 2 rings (SSSR count). The van der Waals surface area contributed by atoms with Gasteiger partial charge in [0.25, 0.3) is 0 Å². The molecular formula is C15H21Cl3N2O. The molecule has 0 aliphatic carbocycles. The minimum absolute atomic E-state index is 0. The summed E-state index contributed by atoms with van der Waals surface area (Å²) in [4.78, 5) is 14.3. The van der Waals surface area contributed by atoms with Crippen LogP contribution >= 0.6 is 35.6 Å². The number of rotatable bonds is 3. The van der Waals surface area contributed by atoms with Crippen LogP contribution in [-0.2, 0) is 11.2 Å². The highest BCUT2D eigenvalue weighted by Gasteiger charge is 2.26. The summed E-state index contributed by atoms with van der Waals surface area (Å²) in [6.45, 7) is 3.57. The fourth-order valence-corrected chi connectivity index (χ4v) is 3.08. The topological polar surface area (TPSA) is 46.3 Å². The second-order valence-electron chi connectivity index (χ2n) is 5.51. The lowest BCUT2D eigenvalue weighted by Gasteiger charge is -2.34. The van der Waals surface area contributed by atoms with Crippen molar-refractivity contribution in [3.05, 3.63) is 33.8 Å². The molecule has 1 aromatic carbocycles. The Bertz CT molecular complexity index is 494. The quantitative estimate of drug-likeness (QED) is 0.905. The van der Waals surface area contributed by atoms with Gasteiger partial charge in [0, 0.05) is 29.2 Å². The van der Waals surface area contributed by atoms with Gasteiger partial charge in [0.1, 0.15) is 0 Å². The molecule has 0 radical (unpaired) electrons. The van der Waals surface area contributed by atoms with Gasteiger partial charge in [-0.25, -0.2) is 0 Å². The van der Waals surface area contributed by atoms with Crippen LogP contribution in [0.25, 0.3) is 0 Å². The van der Waals surface area contributed by atoms with Crippen molar-refractivity contribution >= 4 is 41.5 Å². The van der Waals surface area contributed by atoms with Crippen LogP contribution in [0.4, 0.5) is 0 Å². The number of nitrogens with zero attached hydrogens (tertiary/aromatic N) is 1. The Balaban J connectivity index is 0.00000220. The van der Waals surface area contributed by atoms with Gasteiger partial charge in [0.15, 0.2) is 0 Å². The maximum absolute atomic E-state index is 12.4. The van der Waals surface area contributed by atoms with Gasteiger partial charge in [-0.2, -0.15) is 0 Å². The molecule has 0 spiro atoms. The monoisotopic (exact) mass is 350 g/mol. The molecule has 1 aliphatic heterocycles. The molecule has 1 saturated heterocycles. The largest absolute Gasteiger partial charge is 0.342 e. The van der Waals surface area contributed by atoms with Crippen molar-refractivity contribution in [2.45, 2.75) is 32.2 Å². The van der Waals surface area contributed by atoms with E-state index < -0.39 is 0 Å². The van der Waals surface area contributed by atoms with Gasteiger partial charge in [-0.05, 0) is 43.4 Å². The molecule has 21 heavy (non-hydrogen) atoms. The highest BCUT2D eigenvalue weighted by molar-refractivity contribution is 6.35. The van der Waals surface area contributed by atoms with Crippen molar-refractivity contribution in [1.29, 1.82) is 0 Å². The number of likely N-dealkylation sites (tertiary alicyclic amines) is 1. The first-order valence-corrected chi connectivity index (χ1v) is 7.70. The van der Waals surface area contributed by atoms with Crippen molar-refractivity contribution in [3.8, 4) is 0 Å². The molecule has 1 fully saturated rings. The van der Waals surface area contributed by atoms with E-state index in [-0.39, 0.29) is 24.4 Å². The normalized spacial score (nSPS) is 19.8. The first-order valence-electron chi connectivity index (χ1n) is 6.94. The van der Waals surface area contributed by atoms with Crippen LogP contribution in [0, 0.1) is 5.92 Å². The number of nitrogens with two attached hydrogens (primary N) is 1. The summed E-state index contributed by atoms with van der Waals surface area (Å²) in [6, 6.07) is 5.38.